The molecule has 8 heteroatoms. The van der Waals surface area contributed by atoms with Crippen molar-refractivity contribution in [3.63, 3.8) is 0 Å². The first-order chi connectivity index (χ1) is 14.6. The van der Waals surface area contributed by atoms with Crippen molar-refractivity contribution >= 4 is 40.2 Å². The number of thioether (sulfide) groups is 1. The molecule has 1 aliphatic rings. The highest BCUT2D eigenvalue weighted by molar-refractivity contribution is 7.98. The second kappa shape index (κ2) is 9.35. The van der Waals surface area contributed by atoms with Gasteiger partial charge in [-0.05, 0) is 38.3 Å². The summed E-state index contributed by atoms with van der Waals surface area (Å²) in [6.45, 7) is 6.19. The number of halogens is 1. The predicted octanol–water partition coefficient (Wildman–Crippen LogP) is 5.00. The number of aromatic nitrogens is 4. The maximum Gasteiger partial charge on any atom is 0.222 e. The van der Waals surface area contributed by atoms with Gasteiger partial charge >= 0.3 is 0 Å². The molecule has 0 aliphatic carbocycles. The van der Waals surface area contributed by atoms with Crippen molar-refractivity contribution < 1.29 is 4.79 Å². The van der Waals surface area contributed by atoms with Gasteiger partial charge in [-0.1, -0.05) is 48.0 Å². The number of aryl methyl sites for hydroxylation is 1. The molecule has 1 aromatic carbocycles. The number of nitrogens with zero attached hydrogens (tertiary/aromatic N) is 5. The van der Waals surface area contributed by atoms with Gasteiger partial charge in [-0.3, -0.25) is 9.78 Å². The summed E-state index contributed by atoms with van der Waals surface area (Å²) in [6, 6.07) is 8.05. The molecule has 3 aromatic rings. The van der Waals surface area contributed by atoms with Gasteiger partial charge in [-0.15, -0.1) is 10.2 Å². The third kappa shape index (κ3) is 4.32. The smallest absolute Gasteiger partial charge is 0.222 e. The van der Waals surface area contributed by atoms with Crippen LogP contribution in [0.5, 0.6) is 0 Å². The molecule has 4 rings (SSSR count). The van der Waals surface area contributed by atoms with Gasteiger partial charge in [0.05, 0.1) is 22.8 Å². The Labute approximate surface area is 186 Å². The number of hydrogen-bond donors (Lipinski definition) is 0. The number of carbonyl (C=O) groups excluding carboxylic acids is 1. The Morgan fingerprint density at radius 3 is 2.83 bits per heavy atom. The average Bonchev–Trinajstić information content (AvgIpc) is 3.03. The lowest BCUT2D eigenvalue weighted by Crippen LogP contribution is -2.31. The maximum atomic E-state index is 12.4. The SMILES string of the molecule is CCn1c(CN2CCCCCC2=O)nnc1SCc1nc2ccccc2c(C)c1Cl. The van der Waals surface area contributed by atoms with Gasteiger partial charge in [0.25, 0.3) is 0 Å². The van der Waals surface area contributed by atoms with Crippen molar-refractivity contribution in [1.82, 2.24) is 24.6 Å². The second-order valence-electron chi connectivity index (χ2n) is 7.57. The highest BCUT2D eigenvalue weighted by atomic mass is 35.5. The normalized spacial score (nSPS) is 15.0. The molecule has 0 N–H and O–H groups in total. The molecule has 0 radical (unpaired) electrons. The summed E-state index contributed by atoms with van der Waals surface area (Å²) in [7, 11) is 0. The highest BCUT2D eigenvalue weighted by Gasteiger charge is 2.21. The van der Waals surface area contributed by atoms with Gasteiger partial charge in [-0.25, -0.2) is 0 Å². The predicted molar refractivity (Wildman–Crippen MR) is 121 cm³/mol. The van der Waals surface area contributed by atoms with Gasteiger partial charge < -0.3 is 9.47 Å². The molecule has 0 atom stereocenters. The fraction of sp³-hybridized carbons (Fsp3) is 0.455. The van der Waals surface area contributed by atoms with Crippen LogP contribution in [0.3, 0.4) is 0 Å². The van der Waals surface area contributed by atoms with Crippen LogP contribution in [0.25, 0.3) is 10.9 Å². The van der Waals surface area contributed by atoms with E-state index in [4.69, 9.17) is 16.6 Å². The molecular formula is C22H26ClN5OS. The summed E-state index contributed by atoms with van der Waals surface area (Å²) in [5.74, 6) is 1.67. The Bertz CT molecular complexity index is 1070. The number of fused-ring (bicyclic) bond motifs is 1. The van der Waals surface area contributed by atoms with Crippen LogP contribution >= 0.6 is 23.4 Å². The van der Waals surface area contributed by atoms with Gasteiger partial charge in [0, 0.05) is 30.6 Å². The van der Waals surface area contributed by atoms with E-state index in [0.717, 1.165) is 65.5 Å². The lowest BCUT2D eigenvalue weighted by molar-refractivity contribution is -0.131. The van der Waals surface area contributed by atoms with Crippen molar-refractivity contribution in [3.8, 4) is 0 Å². The molecule has 2 aromatic heterocycles. The molecule has 0 bridgehead atoms. The molecule has 1 fully saturated rings. The summed E-state index contributed by atoms with van der Waals surface area (Å²) in [5, 5.41) is 11.4. The molecule has 3 heterocycles. The van der Waals surface area contributed by atoms with Crippen LogP contribution in [0.15, 0.2) is 29.4 Å². The number of para-hydroxylation sites is 1. The molecule has 6 nitrogen and oxygen atoms in total. The first kappa shape index (κ1) is 21.1. The first-order valence-corrected chi connectivity index (χ1v) is 11.8. The molecule has 1 aliphatic heterocycles. The van der Waals surface area contributed by atoms with E-state index in [2.05, 4.69) is 21.7 Å². The van der Waals surface area contributed by atoms with Crippen molar-refractivity contribution in [2.45, 2.75) is 63.5 Å². The first-order valence-electron chi connectivity index (χ1n) is 10.4. The summed E-state index contributed by atoms with van der Waals surface area (Å²) >= 11 is 8.20. The largest absolute Gasteiger partial charge is 0.335 e. The Hall–Kier alpha value is -2.12. The minimum Gasteiger partial charge on any atom is -0.335 e. The fourth-order valence-electron chi connectivity index (χ4n) is 3.88. The van der Waals surface area contributed by atoms with Crippen LogP contribution in [-0.2, 0) is 23.6 Å². The number of benzene rings is 1. The van der Waals surface area contributed by atoms with E-state index >= 15 is 0 Å². The maximum absolute atomic E-state index is 12.4. The third-order valence-electron chi connectivity index (χ3n) is 5.60. The van der Waals surface area contributed by atoms with E-state index in [-0.39, 0.29) is 5.91 Å². The molecular weight excluding hydrogens is 418 g/mol. The summed E-state index contributed by atoms with van der Waals surface area (Å²) in [5.41, 5.74) is 2.86. The van der Waals surface area contributed by atoms with E-state index < -0.39 is 0 Å². The zero-order chi connectivity index (χ0) is 21.1. The minimum atomic E-state index is 0.218. The molecule has 1 saturated heterocycles. The van der Waals surface area contributed by atoms with Gasteiger partial charge in [0.1, 0.15) is 0 Å². The lowest BCUT2D eigenvalue weighted by atomic mass is 10.1. The van der Waals surface area contributed by atoms with E-state index in [9.17, 15) is 4.79 Å². The van der Waals surface area contributed by atoms with Crippen molar-refractivity contribution in [1.29, 1.82) is 0 Å². The van der Waals surface area contributed by atoms with Crippen molar-refractivity contribution in [3.05, 3.63) is 46.4 Å². The quantitative estimate of drug-likeness (QED) is 0.501. The van der Waals surface area contributed by atoms with E-state index in [0.29, 0.717) is 23.7 Å². The van der Waals surface area contributed by atoms with Crippen LogP contribution in [0.4, 0.5) is 0 Å². The standard InChI is InChI=1S/C22H26ClN5OS/c1-3-28-19(13-27-12-8-4-5-11-20(27)29)25-26-22(28)30-14-18-21(23)15(2)16-9-6-7-10-17(16)24-18/h6-7,9-10H,3-5,8,11-14H2,1-2H3. The molecule has 0 saturated carbocycles. The average molecular weight is 444 g/mol. The fourth-order valence-corrected chi connectivity index (χ4v) is 5.14. The van der Waals surface area contributed by atoms with E-state index in [1.807, 2.05) is 36.1 Å². The number of carbonyl (C=O) groups is 1. The summed E-state index contributed by atoms with van der Waals surface area (Å²) in [4.78, 5) is 19.0. The monoisotopic (exact) mass is 443 g/mol. The summed E-state index contributed by atoms with van der Waals surface area (Å²) < 4.78 is 2.09. The molecule has 0 unspecified atom stereocenters. The Kier molecular flexibility index (Phi) is 6.58. The minimum absolute atomic E-state index is 0.218. The number of rotatable bonds is 6. The number of hydrogen-bond acceptors (Lipinski definition) is 5. The second-order valence-corrected chi connectivity index (χ2v) is 8.89. The lowest BCUT2D eigenvalue weighted by Gasteiger charge is -2.20. The third-order valence-corrected chi connectivity index (χ3v) is 7.08. The zero-order valence-electron chi connectivity index (χ0n) is 17.4. The van der Waals surface area contributed by atoms with Crippen molar-refractivity contribution in [2.24, 2.45) is 0 Å². The van der Waals surface area contributed by atoms with Crippen LogP contribution in [0.1, 0.15) is 49.7 Å². The zero-order valence-corrected chi connectivity index (χ0v) is 19.0. The Morgan fingerprint density at radius 1 is 1.17 bits per heavy atom. The van der Waals surface area contributed by atoms with E-state index in [1.54, 1.807) is 11.8 Å². The number of amides is 1. The van der Waals surface area contributed by atoms with Crippen LogP contribution < -0.4 is 0 Å². The molecule has 1 amide bonds. The molecule has 158 valence electrons. The number of likely N-dealkylation sites (tertiary alicyclic amines) is 1. The highest BCUT2D eigenvalue weighted by Crippen LogP contribution is 2.31. The number of pyridine rings is 1. The Balaban J connectivity index is 1.52. The topological polar surface area (TPSA) is 63.9 Å². The van der Waals surface area contributed by atoms with Gasteiger partial charge in [0.15, 0.2) is 11.0 Å². The molecule has 0 spiro atoms. The molecule has 30 heavy (non-hydrogen) atoms. The van der Waals surface area contributed by atoms with Crippen molar-refractivity contribution in [2.75, 3.05) is 6.54 Å². The van der Waals surface area contributed by atoms with E-state index in [1.165, 1.54) is 0 Å². The van der Waals surface area contributed by atoms with Crippen LogP contribution in [0.2, 0.25) is 5.02 Å². The van der Waals surface area contributed by atoms with Crippen LogP contribution in [0, 0.1) is 6.92 Å². The van der Waals surface area contributed by atoms with Gasteiger partial charge in [-0.2, -0.15) is 0 Å². The van der Waals surface area contributed by atoms with Gasteiger partial charge in [0.2, 0.25) is 5.91 Å². The Morgan fingerprint density at radius 2 is 2.00 bits per heavy atom. The summed E-state index contributed by atoms with van der Waals surface area (Å²) in [6.07, 6.45) is 3.78. The van der Waals surface area contributed by atoms with Crippen LogP contribution in [-0.4, -0.2) is 37.1 Å².